The van der Waals surface area contributed by atoms with E-state index in [1.807, 2.05) is 0 Å². The Labute approximate surface area is 135 Å². The quantitative estimate of drug-likeness (QED) is 0.616. The van der Waals surface area contributed by atoms with Crippen molar-refractivity contribution in [2.45, 2.75) is 18.2 Å². The third kappa shape index (κ3) is 2.85. The summed E-state index contributed by atoms with van der Waals surface area (Å²) in [6.45, 7) is 1.25. The molecule has 10 heteroatoms. The fraction of sp³-hybridized carbons (Fsp3) is 0.417. The second-order valence-corrected chi connectivity index (χ2v) is 8.15. The molecule has 0 aromatic heterocycles. The van der Waals surface area contributed by atoms with Crippen molar-refractivity contribution in [2.24, 2.45) is 5.41 Å². The number of carboxylic acids is 1. The fourth-order valence-corrected chi connectivity index (χ4v) is 4.54. The van der Waals surface area contributed by atoms with Crippen LogP contribution >= 0.6 is 15.9 Å². The van der Waals surface area contributed by atoms with Crippen LogP contribution in [0.2, 0.25) is 0 Å². The number of nitrogens with zero attached hydrogens (tertiary/aromatic N) is 2. The fourth-order valence-electron chi connectivity index (χ4n) is 2.28. The van der Waals surface area contributed by atoms with Gasteiger partial charge in [0.2, 0.25) is 10.0 Å². The van der Waals surface area contributed by atoms with Crippen molar-refractivity contribution in [3.05, 3.63) is 32.8 Å². The Balaban J connectivity index is 2.47. The van der Waals surface area contributed by atoms with Crippen molar-refractivity contribution in [1.29, 1.82) is 0 Å². The summed E-state index contributed by atoms with van der Waals surface area (Å²) in [5, 5.41) is 20.2. The predicted octanol–water partition coefficient (Wildman–Crippen LogP) is 1.84. The number of carboxylic acid groups (broad SMARTS) is 1. The maximum absolute atomic E-state index is 12.6. The molecule has 1 aliphatic rings. The molecule has 1 aromatic rings. The topological polar surface area (TPSA) is 118 Å². The van der Waals surface area contributed by atoms with E-state index in [1.165, 1.54) is 13.0 Å². The molecule has 0 saturated carbocycles. The lowest BCUT2D eigenvalue weighted by molar-refractivity contribution is -0.387. The first-order valence-electron chi connectivity index (χ1n) is 6.25. The zero-order valence-corrected chi connectivity index (χ0v) is 13.9. The van der Waals surface area contributed by atoms with Crippen molar-refractivity contribution in [3.63, 3.8) is 0 Å². The molecule has 1 atom stereocenters. The average Bonchev–Trinajstić information content (AvgIpc) is 2.83. The van der Waals surface area contributed by atoms with Crippen LogP contribution in [0.25, 0.3) is 0 Å². The van der Waals surface area contributed by atoms with Crippen LogP contribution in [0.3, 0.4) is 0 Å². The Hall–Kier alpha value is -1.52. The first-order valence-corrected chi connectivity index (χ1v) is 8.49. The van der Waals surface area contributed by atoms with Gasteiger partial charge in [-0.05, 0) is 25.5 Å². The van der Waals surface area contributed by atoms with E-state index in [9.17, 15) is 28.4 Å². The van der Waals surface area contributed by atoms with Gasteiger partial charge in [-0.2, -0.15) is 4.31 Å². The summed E-state index contributed by atoms with van der Waals surface area (Å²) in [5.41, 5.74) is -1.72. The Morgan fingerprint density at radius 3 is 2.64 bits per heavy atom. The van der Waals surface area contributed by atoms with E-state index in [-0.39, 0.29) is 19.5 Å². The van der Waals surface area contributed by atoms with Crippen LogP contribution < -0.4 is 0 Å². The number of carbonyl (C=O) groups is 1. The standard InChI is InChI=1S/C12H13BrN2O6S/c1-12(11(16)17)4-5-14(7-12)22(20,21)10-6-8(13)2-3-9(10)15(18)19/h2-3,6H,4-5,7H2,1H3,(H,16,17). The van der Waals surface area contributed by atoms with Gasteiger partial charge in [0.05, 0.1) is 10.3 Å². The van der Waals surface area contributed by atoms with Crippen LogP contribution in [0.15, 0.2) is 27.6 Å². The van der Waals surface area contributed by atoms with Crippen LogP contribution in [0, 0.1) is 15.5 Å². The van der Waals surface area contributed by atoms with Gasteiger partial charge in [-0.15, -0.1) is 0 Å². The summed E-state index contributed by atoms with van der Waals surface area (Å²) in [6.07, 6.45) is 0.156. The number of hydrogen-bond donors (Lipinski definition) is 1. The highest BCUT2D eigenvalue weighted by Crippen LogP contribution is 2.36. The molecule has 120 valence electrons. The molecular weight excluding hydrogens is 380 g/mol. The monoisotopic (exact) mass is 392 g/mol. The Morgan fingerprint density at radius 2 is 2.14 bits per heavy atom. The third-order valence-electron chi connectivity index (χ3n) is 3.69. The second kappa shape index (κ2) is 5.60. The summed E-state index contributed by atoms with van der Waals surface area (Å²) in [4.78, 5) is 21.1. The minimum atomic E-state index is -4.14. The lowest BCUT2D eigenvalue weighted by Crippen LogP contribution is -2.35. The molecule has 8 nitrogen and oxygen atoms in total. The maximum atomic E-state index is 12.6. The van der Waals surface area contributed by atoms with E-state index in [4.69, 9.17) is 0 Å². The lowest BCUT2D eigenvalue weighted by atomic mass is 9.90. The SMILES string of the molecule is CC1(C(=O)O)CCN(S(=O)(=O)c2cc(Br)ccc2[N+](=O)[O-])C1. The van der Waals surface area contributed by atoms with Gasteiger partial charge in [0.25, 0.3) is 5.69 Å². The summed E-state index contributed by atoms with van der Waals surface area (Å²) < 4.78 is 26.6. The third-order valence-corrected chi connectivity index (χ3v) is 6.06. The molecule has 1 heterocycles. The number of hydrogen-bond acceptors (Lipinski definition) is 5. The number of rotatable bonds is 4. The molecule has 1 aliphatic heterocycles. The molecule has 0 spiro atoms. The molecule has 1 saturated heterocycles. The number of benzene rings is 1. The van der Waals surface area contributed by atoms with E-state index in [0.29, 0.717) is 4.47 Å². The van der Waals surface area contributed by atoms with Crippen LogP contribution in [0.5, 0.6) is 0 Å². The van der Waals surface area contributed by atoms with Gasteiger partial charge in [-0.3, -0.25) is 14.9 Å². The van der Waals surface area contributed by atoms with Gasteiger partial charge in [0.15, 0.2) is 4.90 Å². The minimum Gasteiger partial charge on any atom is -0.481 e. The van der Waals surface area contributed by atoms with Crippen LogP contribution in [-0.2, 0) is 14.8 Å². The molecule has 22 heavy (non-hydrogen) atoms. The highest BCUT2D eigenvalue weighted by Gasteiger charge is 2.46. The molecule has 1 fully saturated rings. The lowest BCUT2D eigenvalue weighted by Gasteiger charge is -2.20. The van der Waals surface area contributed by atoms with Crippen molar-refractivity contribution >= 4 is 37.6 Å². The van der Waals surface area contributed by atoms with Gasteiger partial charge in [0.1, 0.15) is 0 Å². The first-order chi connectivity index (χ1) is 10.1. The summed E-state index contributed by atoms with van der Waals surface area (Å²) in [5.74, 6) is -1.09. The predicted molar refractivity (Wildman–Crippen MR) is 79.9 cm³/mol. The zero-order valence-electron chi connectivity index (χ0n) is 11.5. The van der Waals surface area contributed by atoms with E-state index in [1.54, 1.807) is 0 Å². The van der Waals surface area contributed by atoms with E-state index in [0.717, 1.165) is 16.4 Å². The summed E-state index contributed by atoms with van der Waals surface area (Å²) >= 11 is 3.09. The Morgan fingerprint density at radius 1 is 1.50 bits per heavy atom. The Bertz CT molecular complexity index is 750. The summed E-state index contributed by atoms with van der Waals surface area (Å²) in [7, 11) is -4.14. The number of nitro groups is 1. The zero-order chi connectivity index (χ0) is 16.7. The maximum Gasteiger partial charge on any atom is 0.310 e. The van der Waals surface area contributed by atoms with Crippen LogP contribution in [0.4, 0.5) is 5.69 Å². The van der Waals surface area contributed by atoms with Gasteiger partial charge < -0.3 is 5.11 Å². The average molecular weight is 393 g/mol. The molecular formula is C12H13BrN2O6S. The number of aliphatic carboxylic acids is 1. The number of halogens is 1. The van der Waals surface area contributed by atoms with Gasteiger partial charge in [-0.1, -0.05) is 15.9 Å². The normalized spacial score (nSPS) is 22.6. The van der Waals surface area contributed by atoms with Crippen molar-refractivity contribution < 1.29 is 23.2 Å². The van der Waals surface area contributed by atoms with E-state index >= 15 is 0 Å². The molecule has 1 aromatic carbocycles. The molecule has 1 N–H and O–H groups in total. The second-order valence-electron chi connectivity index (χ2n) is 5.32. The van der Waals surface area contributed by atoms with Gasteiger partial charge in [0, 0.05) is 23.6 Å². The van der Waals surface area contributed by atoms with Gasteiger partial charge >= 0.3 is 5.97 Å². The van der Waals surface area contributed by atoms with E-state index < -0.39 is 36.9 Å². The smallest absolute Gasteiger partial charge is 0.310 e. The summed E-state index contributed by atoms with van der Waals surface area (Å²) in [6, 6.07) is 3.63. The first kappa shape index (κ1) is 16.8. The molecule has 1 unspecified atom stereocenters. The molecule has 0 amide bonds. The number of nitro benzene ring substituents is 1. The van der Waals surface area contributed by atoms with Crippen molar-refractivity contribution in [1.82, 2.24) is 4.31 Å². The highest BCUT2D eigenvalue weighted by molar-refractivity contribution is 9.10. The van der Waals surface area contributed by atoms with Crippen molar-refractivity contribution in [3.8, 4) is 0 Å². The van der Waals surface area contributed by atoms with E-state index in [2.05, 4.69) is 15.9 Å². The molecule has 2 rings (SSSR count). The largest absolute Gasteiger partial charge is 0.481 e. The molecule has 0 bridgehead atoms. The molecule has 0 radical (unpaired) electrons. The molecule has 0 aliphatic carbocycles. The minimum absolute atomic E-state index is 0.00873. The van der Waals surface area contributed by atoms with Crippen LogP contribution in [-0.4, -0.2) is 41.8 Å². The number of sulfonamides is 1. The van der Waals surface area contributed by atoms with Crippen LogP contribution in [0.1, 0.15) is 13.3 Å². The Kier molecular flexibility index (Phi) is 4.28. The van der Waals surface area contributed by atoms with Crippen molar-refractivity contribution in [2.75, 3.05) is 13.1 Å². The highest BCUT2D eigenvalue weighted by atomic mass is 79.9. The van der Waals surface area contributed by atoms with Gasteiger partial charge in [-0.25, -0.2) is 8.42 Å².